The molecule has 3 N–H and O–H groups in total. The summed E-state index contributed by atoms with van der Waals surface area (Å²) < 4.78 is 6.92. The standard InChI is InChI=1S/C10H10BN3O4/c11-13(9(12)6-14(17)18)5-7-1-3-8(4-2-7)10(15)16/h1-4,6H,5,12H2,(H,15,16)/b9-6-/i/hD. The maximum atomic E-state index is 10.7. The van der Waals surface area contributed by atoms with E-state index in [4.69, 9.17) is 14.5 Å². The Balaban J connectivity index is 2.78. The van der Waals surface area contributed by atoms with Crippen molar-refractivity contribution >= 4 is 14.0 Å². The van der Waals surface area contributed by atoms with Gasteiger partial charge in [0.15, 0.2) is 7.23 Å². The number of carbonyl (C=O) groups is 1. The number of aromatic carboxylic acids is 1. The normalized spacial score (nSPS) is 11.6. The lowest BCUT2D eigenvalue weighted by Crippen LogP contribution is -2.25. The van der Waals surface area contributed by atoms with Crippen molar-refractivity contribution in [3.63, 3.8) is 0 Å². The van der Waals surface area contributed by atoms with Gasteiger partial charge in [-0.25, -0.2) is 4.79 Å². The van der Waals surface area contributed by atoms with Crippen LogP contribution in [0.3, 0.4) is 0 Å². The minimum atomic E-state index is -1.04. The monoisotopic (exact) mass is 248 g/mol. The van der Waals surface area contributed by atoms with E-state index in [1.54, 1.807) is 0 Å². The number of benzene rings is 1. The van der Waals surface area contributed by atoms with Crippen molar-refractivity contribution in [3.05, 3.63) is 57.5 Å². The topological polar surface area (TPSA) is 110 Å². The predicted octanol–water partition coefficient (Wildman–Crippen LogP) is 0.305. The zero-order chi connectivity index (χ0) is 14.4. The molecule has 0 fully saturated rings. The van der Waals surface area contributed by atoms with Crippen molar-refractivity contribution in [3.8, 4) is 0 Å². The Kier molecular flexibility index (Phi) is 3.80. The van der Waals surface area contributed by atoms with Gasteiger partial charge in [0, 0.05) is 6.54 Å². The van der Waals surface area contributed by atoms with Gasteiger partial charge in [-0.2, -0.15) is 0 Å². The van der Waals surface area contributed by atoms with Gasteiger partial charge >= 0.3 is 5.97 Å². The van der Waals surface area contributed by atoms with Crippen molar-refractivity contribution in [2.75, 3.05) is 0 Å². The number of carboxylic acids is 1. The Labute approximate surface area is 106 Å². The van der Waals surface area contributed by atoms with Crippen LogP contribution in [0, 0.1) is 10.1 Å². The second-order valence-corrected chi connectivity index (χ2v) is 3.43. The fraction of sp³-hybridized carbons (Fsp3) is 0.100. The van der Waals surface area contributed by atoms with Crippen LogP contribution in [0.2, 0.25) is 1.41 Å². The lowest BCUT2D eigenvalue weighted by Gasteiger charge is -2.18. The fourth-order valence-electron chi connectivity index (χ4n) is 1.21. The average molecular weight is 248 g/mol. The van der Waals surface area contributed by atoms with Gasteiger partial charge in [0.1, 0.15) is 0 Å². The first-order chi connectivity index (χ1) is 8.93. The molecule has 0 atom stereocenters. The molecule has 1 rings (SSSR count). The lowest BCUT2D eigenvalue weighted by molar-refractivity contribution is -0.404. The summed E-state index contributed by atoms with van der Waals surface area (Å²) in [7, 11) is 5.57. The molecule has 1 aromatic carbocycles. The molecule has 0 spiro atoms. The zero-order valence-electron chi connectivity index (χ0n) is 10.2. The highest BCUT2D eigenvalue weighted by Crippen LogP contribution is 2.08. The molecule has 2 radical (unpaired) electrons. The maximum Gasteiger partial charge on any atom is 0.335 e. The molecule has 0 amide bonds. The maximum absolute atomic E-state index is 10.7. The summed E-state index contributed by atoms with van der Waals surface area (Å²) in [6.07, 6.45) is 0.568. The van der Waals surface area contributed by atoms with Crippen molar-refractivity contribution in [1.82, 2.24) is 4.81 Å². The molecule has 8 heteroatoms. The van der Waals surface area contributed by atoms with Gasteiger partial charge in [0.05, 0.1) is 10.5 Å². The third-order valence-corrected chi connectivity index (χ3v) is 2.09. The molecule has 0 heterocycles. The highest BCUT2D eigenvalue weighted by atomic mass is 16.6. The van der Waals surface area contributed by atoms with Crippen LogP contribution in [0.25, 0.3) is 0 Å². The van der Waals surface area contributed by atoms with E-state index in [1.807, 2.05) is 5.73 Å². The lowest BCUT2D eigenvalue weighted by atomic mass is 10.1. The Bertz CT molecular complexity index is 506. The molecule has 0 saturated heterocycles. The third kappa shape index (κ3) is 3.82. The molecule has 0 unspecified atom stereocenters. The molecule has 92 valence electrons. The number of nitrogens with two attached hydrogens (primary N) is 1. The number of carboxylic acid groups (broad SMARTS) is 1. The van der Waals surface area contributed by atoms with Crippen LogP contribution in [0.5, 0.6) is 0 Å². The summed E-state index contributed by atoms with van der Waals surface area (Å²) in [5, 5.41) is 19.0. The third-order valence-electron chi connectivity index (χ3n) is 2.09. The molecule has 1 aromatic rings. The molecule has 7 nitrogen and oxygen atoms in total. The number of rotatable bonds is 6. The number of hydrogen-bond donors (Lipinski definition) is 2. The van der Waals surface area contributed by atoms with Crippen LogP contribution < -0.4 is 5.73 Å². The van der Waals surface area contributed by atoms with Crippen molar-refractivity contribution in [2.24, 2.45) is 5.73 Å². The fourth-order valence-corrected chi connectivity index (χ4v) is 1.21. The van der Waals surface area contributed by atoms with Gasteiger partial charge in [0.25, 0.3) is 6.20 Å². The highest BCUT2D eigenvalue weighted by Gasteiger charge is 2.06. The zero-order valence-corrected chi connectivity index (χ0v) is 9.24. The van der Waals surface area contributed by atoms with Crippen LogP contribution in [0.4, 0.5) is 0 Å². The molecular weight excluding hydrogens is 237 g/mol. The van der Waals surface area contributed by atoms with Crippen LogP contribution in [0.1, 0.15) is 15.9 Å². The van der Waals surface area contributed by atoms with Crippen LogP contribution in [-0.2, 0) is 6.54 Å². The first kappa shape index (κ1) is 12.0. The summed E-state index contributed by atoms with van der Waals surface area (Å²) in [6.45, 7) is 0.0887. The summed E-state index contributed by atoms with van der Waals surface area (Å²) >= 11 is 0. The molecular formula is C10H10BN3O4. The van der Waals surface area contributed by atoms with Gasteiger partial charge < -0.3 is 15.6 Å². The van der Waals surface area contributed by atoms with Gasteiger partial charge in [-0.05, 0) is 17.7 Å². The summed E-state index contributed by atoms with van der Waals surface area (Å²) in [6, 6.07) is 5.88. The van der Waals surface area contributed by atoms with Crippen molar-refractivity contribution < 1.29 is 16.2 Å². The van der Waals surface area contributed by atoms with Gasteiger partial charge in [-0.15, -0.1) is 0 Å². The van der Waals surface area contributed by atoms with E-state index in [2.05, 4.69) is 0 Å². The van der Waals surface area contributed by atoms with E-state index < -0.39 is 10.9 Å². The number of nitrogens with zero attached hydrogens (tertiary/aromatic N) is 2. The molecule has 0 aliphatic heterocycles. The van der Waals surface area contributed by atoms with E-state index in [-0.39, 0.29) is 17.9 Å². The van der Waals surface area contributed by atoms with Gasteiger partial charge in [-0.3, -0.25) is 10.1 Å². The highest BCUT2D eigenvalue weighted by molar-refractivity contribution is 6.05. The van der Waals surface area contributed by atoms with E-state index in [0.717, 1.165) is 4.81 Å². The largest absolute Gasteiger partial charge is 0.478 e. The second kappa shape index (κ2) is 5.71. The summed E-state index contributed by atoms with van der Waals surface area (Å²) in [5.74, 6) is -1.23. The SMILES string of the molecule is [2H]N/C(=C/[N+](=O)[O-])N([B])Cc1ccc(C(=O)O)cc1. The van der Waals surface area contributed by atoms with Crippen molar-refractivity contribution in [1.29, 1.82) is 0 Å². The quantitative estimate of drug-likeness (QED) is 0.425. The van der Waals surface area contributed by atoms with E-state index in [1.165, 1.54) is 24.3 Å². The second-order valence-electron chi connectivity index (χ2n) is 3.43. The predicted molar refractivity (Wildman–Crippen MR) is 64.0 cm³/mol. The van der Waals surface area contributed by atoms with E-state index in [9.17, 15) is 14.9 Å². The Morgan fingerprint density at radius 3 is 2.67 bits per heavy atom. The van der Waals surface area contributed by atoms with E-state index in [0.29, 0.717) is 11.8 Å². The Hall–Kier alpha value is -2.51. The molecule has 0 aromatic heterocycles. The van der Waals surface area contributed by atoms with Crippen molar-refractivity contribution in [2.45, 2.75) is 6.54 Å². The van der Waals surface area contributed by atoms with Crippen LogP contribution in [0.15, 0.2) is 36.3 Å². The molecule has 0 aliphatic rings. The first-order valence-corrected chi connectivity index (χ1v) is 4.81. The van der Waals surface area contributed by atoms with Crippen LogP contribution >= 0.6 is 0 Å². The average Bonchev–Trinajstić information content (AvgIpc) is 2.36. The summed E-state index contributed by atoms with van der Waals surface area (Å²) in [5.41, 5.74) is 2.64. The van der Waals surface area contributed by atoms with Crippen LogP contribution in [-0.4, -0.2) is 28.8 Å². The molecule has 0 bridgehead atoms. The Morgan fingerprint density at radius 1 is 1.61 bits per heavy atom. The minimum absolute atomic E-state index is 0.0887. The van der Waals surface area contributed by atoms with Gasteiger partial charge in [-0.1, -0.05) is 12.1 Å². The molecule has 0 saturated carbocycles. The number of nitro groups is 1. The summed E-state index contributed by atoms with van der Waals surface area (Å²) in [4.78, 5) is 21.2. The van der Waals surface area contributed by atoms with E-state index >= 15 is 0 Å². The molecule has 0 aliphatic carbocycles. The smallest absolute Gasteiger partial charge is 0.335 e. The first-order valence-electron chi connectivity index (χ1n) is 5.31. The van der Waals surface area contributed by atoms with Gasteiger partial charge in [0.2, 0.25) is 7.98 Å². The minimum Gasteiger partial charge on any atom is -0.478 e. The number of hydrogen-bond acceptors (Lipinski definition) is 5. The Morgan fingerprint density at radius 2 is 2.22 bits per heavy atom. The molecule has 18 heavy (non-hydrogen) atoms.